The van der Waals surface area contributed by atoms with Crippen molar-refractivity contribution >= 4 is 28.2 Å². The van der Waals surface area contributed by atoms with E-state index in [2.05, 4.69) is 15.6 Å². The molecule has 0 fully saturated rings. The molecule has 0 aliphatic heterocycles. The van der Waals surface area contributed by atoms with Gasteiger partial charge in [-0.3, -0.25) is 4.79 Å². The largest absolute Gasteiger partial charge is 0.507 e. The lowest BCUT2D eigenvalue weighted by atomic mass is 9.96. The van der Waals surface area contributed by atoms with Gasteiger partial charge in [0, 0.05) is 42.0 Å². The van der Waals surface area contributed by atoms with Gasteiger partial charge in [0.1, 0.15) is 11.4 Å². The summed E-state index contributed by atoms with van der Waals surface area (Å²) in [5.41, 5.74) is 3.09. The molecule has 1 aromatic heterocycles. The van der Waals surface area contributed by atoms with Crippen molar-refractivity contribution in [2.45, 2.75) is 26.7 Å². The molecule has 1 amide bonds. The summed E-state index contributed by atoms with van der Waals surface area (Å²) in [6.45, 7) is 3.65. The van der Waals surface area contributed by atoms with E-state index in [0.29, 0.717) is 34.5 Å². The van der Waals surface area contributed by atoms with Crippen LogP contribution in [0.5, 0.6) is 5.75 Å². The first-order chi connectivity index (χ1) is 10.9. The molecule has 122 valence electrons. The third kappa shape index (κ3) is 2.97. The fourth-order valence-electron chi connectivity index (χ4n) is 2.64. The molecule has 23 heavy (non-hydrogen) atoms. The Labute approximate surface area is 135 Å². The van der Waals surface area contributed by atoms with Crippen LogP contribution in [-0.2, 0) is 6.42 Å². The molecule has 1 heterocycles. The van der Waals surface area contributed by atoms with Gasteiger partial charge >= 0.3 is 0 Å². The van der Waals surface area contributed by atoms with Crippen LogP contribution < -0.4 is 10.6 Å². The zero-order valence-electron chi connectivity index (χ0n) is 13.9. The SMILES string of the molecule is CCCc1c(O)c(C(C)=N)cc2c(NC)cc(C(=O)NC)nc12. The zero-order valence-corrected chi connectivity index (χ0v) is 13.9. The average Bonchev–Trinajstić information content (AvgIpc) is 2.55. The molecule has 2 rings (SSSR count). The summed E-state index contributed by atoms with van der Waals surface area (Å²) in [5, 5.41) is 24.9. The molecule has 0 aliphatic carbocycles. The second-order valence-corrected chi connectivity index (χ2v) is 5.41. The average molecular weight is 314 g/mol. The Morgan fingerprint density at radius 1 is 1.35 bits per heavy atom. The number of anilines is 1. The molecular formula is C17H22N4O2. The third-order valence-corrected chi connectivity index (χ3v) is 3.81. The quantitative estimate of drug-likeness (QED) is 0.638. The van der Waals surface area contributed by atoms with E-state index in [1.165, 1.54) is 0 Å². The maximum atomic E-state index is 12.0. The summed E-state index contributed by atoms with van der Waals surface area (Å²) in [4.78, 5) is 16.4. The Hall–Kier alpha value is -2.63. The van der Waals surface area contributed by atoms with Gasteiger partial charge in [-0.2, -0.15) is 0 Å². The Morgan fingerprint density at radius 2 is 2.04 bits per heavy atom. The van der Waals surface area contributed by atoms with Crippen LogP contribution in [-0.4, -0.2) is 35.8 Å². The van der Waals surface area contributed by atoms with E-state index in [9.17, 15) is 9.90 Å². The molecule has 0 unspecified atom stereocenters. The number of pyridine rings is 1. The molecule has 0 atom stereocenters. The summed E-state index contributed by atoms with van der Waals surface area (Å²) < 4.78 is 0. The number of carbonyl (C=O) groups is 1. The van der Waals surface area contributed by atoms with Crippen LogP contribution in [0.3, 0.4) is 0 Å². The molecule has 6 nitrogen and oxygen atoms in total. The van der Waals surface area contributed by atoms with Gasteiger partial charge in [-0.05, 0) is 25.5 Å². The van der Waals surface area contributed by atoms with E-state index in [1.807, 2.05) is 6.92 Å². The van der Waals surface area contributed by atoms with Crippen LogP contribution >= 0.6 is 0 Å². The Kier molecular flexibility index (Phi) is 4.83. The van der Waals surface area contributed by atoms with Crippen LogP contribution in [0.2, 0.25) is 0 Å². The summed E-state index contributed by atoms with van der Waals surface area (Å²) in [5.74, 6) is -0.201. The van der Waals surface area contributed by atoms with Crippen molar-refractivity contribution in [3.63, 3.8) is 0 Å². The van der Waals surface area contributed by atoms with Gasteiger partial charge in [0.15, 0.2) is 0 Å². The van der Waals surface area contributed by atoms with Gasteiger partial charge in [-0.1, -0.05) is 13.3 Å². The number of hydrogen-bond donors (Lipinski definition) is 4. The molecule has 4 N–H and O–H groups in total. The Morgan fingerprint density at radius 3 is 2.57 bits per heavy atom. The first-order valence-corrected chi connectivity index (χ1v) is 7.59. The van der Waals surface area contributed by atoms with E-state index >= 15 is 0 Å². The normalized spacial score (nSPS) is 10.6. The minimum Gasteiger partial charge on any atom is -0.507 e. The zero-order chi connectivity index (χ0) is 17.1. The van der Waals surface area contributed by atoms with E-state index in [-0.39, 0.29) is 11.7 Å². The molecule has 0 aliphatic rings. The second kappa shape index (κ2) is 6.64. The molecule has 0 radical (unpaired) electrons. The number of aromatic hydroxyl groups is 1. The Balaban J connectivity index is 2.91. The molecule has 2 aromatic rings. The number of fused-ring (bicyclic) bond motifs is 1. The van der Waals surface area contributed by atoms with Crippen LogP contribution in [0, 0.1) is 5.41 Å². The first kappa shape index (κ1) is 16.7. The van der Waals surface area contributed by atoms with Crippen LogP contribution in [0.1, 0.15) is 41.9 Å². The second-order valence-electron chi connectivity index (χ2n) is 5.41. The van der Waals surface area contributed by atoms with Crippen LogP contribution in [0.25, 0.3) is 10.9 Å². The highest BCUT2D eigenvalue weighted by Gasteiger charge is 2.19. The topological polar surface area (TPSA) is 98.1 Å². The van der Waals surface area contributed by atoms with Gasteiger partial charge in [0.25, 0.3) is 5.91 Å². The first-order valence-electron chi connectivity index (χ1n) is 7.59. The highest BCUT2D eigenvalue weighted by Crippen LogP contribution is 2.35. The lowest BCUT2D eigenvalue weighted by Gasteiger charge is -2.16. The number of phenolic OH excluding ortho intramolecular Hbond substituents is 1. The maximum absolute atomic E-state index is 12.0. The molecule has 0 spiro atoms. The summed E-state index contributed by atoms with van der Waals surface area (Å²) >= 11 is 0. The number of rotatable bonds is 5. The number of carbonyl (C=O) groups excluding carboxylic acids is 1. The summed E-state index contributed by atoms with van der Waals surface area (Å²) in [7, 11) is 3.32. The van der Waals surface area contributed by atoms with Gasteiger partial charge in [0.05, 0.1) is 5.52 Å². The van der Waals surface area contributed by atoms with Crippen molar-refractivity contribution in [3.8, 4) is 5.75 Å². The van der Waals surface area contributed by atoms with Gasteiger partial charge < -0.3 is 21.1 Å². The monoisotopic (exact) mass is 314 g/mol. The van der Waals surface area contributed by atoms with Crippen molar-refractivity contribution in [2.24, 2.45) is 0 Å². The number of amides is 1. The molecule has 6 heteroatoms. The van der Waals surface area contributed by atoms with Crippen molar-refractivity contribution in [2.75, 3.05) is 19.4 Å². The number of nitrogens with one attached hydrogen (secondary N) is 3. The number of hydrogen-bond acceptors (Lipinski definition) is 5. The minimum absolute atomic E-state index is 0.0791. The van der Waals surface area contributed by atoms with Gasteiger partial charge in [0.2, 0.25) is 0 Å². The molecule has 0 saturated heterocycles. The fraction of sp³-hybridized carbons (Fsp3) is 0.353. The number of aromatic nitrogens is 1. The minimum atomic E-state index is -0.280. The number of nitrogens with zero attached hydrogens (tertiary/aromatic N) is 1. The van der Waals surface area contributed by atoms with E-state index in [0.717, 1.165) is 17.5 Å². The molecule has 1 aromatic carbocycles. The van der Waals surface area contributed by atoms with Gasteiger partial charge in [-0.25, -0.2) is 4.98 Å². The lowest BCUT2D eigenvalue weighted by molar-refractivity contribution is 0.0958. The number of aryl methyl sites for hydroxylation is 1. The lowest BCUT2D eigenvalue weighted by Crippen LogP contribution is -2.19. The third-order valence-electron chi connectivity index (χ3n) is 3.81. The molecule has 0 saturated carbocycles. The van der Waals surface area contributed by atoms with Crippen LogP contribution in [0.4, 0.5) is 5.69 Å². The number of benzene rings is 1. The predicted molar refractivity (Wildman–Crippen MR) is 92.8 cm³/mol. The highest BCUT2D eigenvalue weighted by atomic mass is 16.3. The van der Waals surface area contributed by atoms with Gasteiger partial charge in [-0.15, -0.1) is 0 Å². The van der Waals surface area contributed by atoms with Crippen molar-refractivity contribution in [1.82, 2.24) is 10.3 Å². The standard InChI is InChI=1S/C17H22N4O2/c1-5-6-10-15-12(7-11(9(2)18)16(10)22)13(19-3)8-14(21-15)17(23)20-4/h7-8,18,22H,5-6H2,1-4H3,(H,19,21)(H,20,23). The summed E-state index contributed by atoms with van der Waals surface area (Å²) in [6, 6.07) is 3.43. The van der Waals surface area contributed by atoms with Crippen molar-refractivity contribution in [1.29, 1.82) is 5.41 Å². The maximum Gasteiger partial charge on any atom is 0.269 e. The fourth-order valence-corrected chi connectivity index (χ4v) is 2.64. The Bertz CT molecular complexity index is 784. The van der Waals surface area contributed by atoms with E-state index in [4.69, 9.17) is 5.41 Å². The van der Waals surface area contributed by atoms with Crippen molar-refractivity contribution in [3.05, 3.63) is 29.0 Å². The van der Waals surface area contributed by atoms with E-state index in [1.54, 1.807) is 33.2 Å². The predicted octanol–water partition coefficient (Wildman–Crippen LogP) is 2.68. The number of phenols is 1. The van der Waals surface area contributed by atoms with E-state index < -0.39 is 0 Å². The smallest absolute Gasteiger partial charge is 0.269 e. The highest BCUT2D eigenvalue weighted by molar-refractivity contribution is 6.07. The van der Waals surface area contributed by atoms with Crippen LogP contribution in [0.15, 0.2) is 12.1 Å². The molecular weight excluding hydrogens is 292 g/mol. The molecule has 0 bridgehead atoms. The van der Waals surface area contributed by atoms with Crippen molar-refractivity contribution < 1.29 is 9.90 Å². The summed E-state index contributed by atoms with van der Waals surface area (Å²) in [6.07, 6.45) is 1.45.